The highest BCUT2D eigenvalue weighted by molar-refractivity contribution is 5.97. The highest BCUT2D eigenvalue weighted by Crippen LogP contribution is 2.24. The van der Waals surface area contributed by atoms with E-state index in [4.69, 9.17) is 4.74 Å². The summed E-state index contributed by atoms with van der Waals surface area (Å²) in [5.74, 6) is 0.0973. The van der Waals surface area contributed by atoms with Crippen molar-refractivity contribution >= 4 is 11.8 Å². The molecule has 2 amide bonds. The van der Waals surface area contributed by atoms with Gasteiger partial charge in [-0.1, -0.05) is 62.4 Å². The van der Waals surface area contributed by atoms with E-state index in [-0.39, 0.29) is 17.7 Å². The number of carbonyl (C=O) groups excluding carboxylic acids is 2. The van der Waals surface area contributed by atoms with E-state index in [0.29, 0.717) is 17.9 Å². The van der Waals surface area contributed by atoms with Crippen molar-refractivity contribution in [1.82, 2.24) is 15.5 Å². The van der Waals surface area contributed by atoms with E-state index in [1.807, 2.05) is 32.0 Å². The topological polar surface area (TPSA) is 70.7 Å². The van der Waals surface area contributed by atoms with Gasteiger partial charge in [0.2, 0.25) is 5.91 Å². The van der Waals surface area contributed by atoms with Gasteiger partial charge < -0.3 is 20.3 Å². The minimum absolute atomic E-state index is 0.0725. The Morgan fingerprint density at radius 1 is 0.914 bits per heavy atom. The van der Waals surface area contributed by atoms with E-state index in [2.05, 4.69) is 60.0 Å². The average molecular weight is 474 g/mol. The molecule has 3 aromatic rings. The predicted molar refractivity (Wildman–Crippen MR) is 140 cm³/mol. The number of hydrogen-bond acceptors (Lipinski definition) is 4. The Morgan fingerprint density at radius 3 is 2.17 bits per heavy atom. The maximum Gasteiger partial charge on any atom is 0.251 e. The SMILES string of the molecule is COc1ccc(C(=O)NC(C(=O)NCc2ccccc2-c2ccc(CN(C)C)cc2)C(C)C)cc1. The van der Waals surface area contributed by atoms with Crippen LogP contribution in [0.15, 0.2) is 72.8 Å². The van der Waals surface area contributed by atoms with Gasteiger partial charge in [0, 0.05) is 18.7 Å². The first-order valence-corrected chi connectivity index (χ1v) is 11.8. The predicted octanol–water partition coefficient (Wildman–Crippen LogP) is 4.49. The number of hydrogen-bond donors (Lipinski definition) is 2. The summed E-state index contributed by atoms with van der Waals surface area (Å²) < 4.78 is 5.15. The Bertz CT molecular complexity index is 1120. The quantitative estimate of drug-likeness (QED) is 0.455. The standard InChI is InChI=1S/C29H35N3O3/c1-20(2)27(31-28(33)23-14-16-25(35-5)17-15-23)29(34)30-18-24-8-6-7-9-26(24)22-12-10-21(11-13-22)19-32(3)4/h6-17,20,27H,18-19H2,1-5H3,(H,30,34)(H,31,33). The van der Waals surface area contributed by atoms with E-state index in [1.54, 1.807) is 31.4 Å². The monoisotopic (exact) mass is 473 g/mol. The molecular formula is C29H35N3O3. The second-order valence-electron chi connectivity index (χ2n) is 9.23. The minimum Gasteiger partial charge on any atom is -0.497 e. The van der Waals surface area contributed by atoms with Crippen LogP contribution in [-0.4, -0.2) is 44.0 Å². The van der Waals surface area contributed by atoms with Gasteiger partial charge in [-0.15, -0.1) is 0 Å². The van der Waals surface area contributed by atoms with Crippen molar-refractivity contribution in [1.29, 1.82) is 0 Å². The highest BCUT2D eigenvalue weighted by atomic mass is 16.5. The number of nitrogens with zero attached hydrogens (tertiary/aromatic N) is 1. The highest BCUT2D eigenvalue weighted by Gasteiger charge is 2.24. The molecule has 0 radical (unpaired) electrons. The minimum atomic E-state index is -0.651. The third-order valence-electron chi connectivity index (χ3n) is 5.82. The number of amides is 2. The van der Waals surface area contributed by atoms with Crippen LogP contribution in [0.25, 0.3) is 11.1 Å². The molecule has 0 aromatic heterocycles. The van der Waals surface area contributed by atoms with Gasteiger partial charge in [0.25, 0.3) is 5.91 Å². The van der Waals surface area contributed by atoms with E-state index in [1.165, 1.54) is 5.56 Å². The molecule has 184 valence electrons. The second kappa shape index (κ2) is 12.2. The van der Waals surface area contributed by atoms with Crippen molar-refractivity contribution in [3.05, 3.63) is 89.5 Å². The molecule has 6 nitrogen and oxygen atoms in total. The van der Waals surface area contributed by atoms with E-state index < -0.39 is 6.04 Å². The Morgan fingerprint density at radius 2 is 1.57 bits per heavy atom. The maximum absolute atomic E-state index is 13.1. The van der Waals surface area contributed by atoms with Crippen molar-refractivity contribution in [2.24, 2.45) is 5.92 Å². The molecule has 0 fully saturated rings. The third kappa shape index (κ3) is 7.17. The molecule has 2 N–H and O–H groups in total. The summed E-state index contributed by atoms with van der Waals surface area (Å²) in [7, 11) is 5.68. The van der Waals surface area contributed by atoms with Crippen LogP contribution in [0.1, 0.15) is 35.3 Å². The average Bonchev–Trinajstić information content (AvgIpc) is 2.86. The number of ether oxygens (including phenoxy) is 1. The van der Waals surface area contributed by atoms with Gasteiger partial charge in [0.15, 0.2) is 0 Å². The molecule has 0 aliphatic rings. The van der Waals surface area contributed by atoms with Crippen LogP contribution in [0, 0.1) is 5.92 Å². The first-order valence-electron chi connectivity index (χ1n) is 11.8. The first-order chi connectivity index (χ1) is 16.8. The Hall–Kier alpha value is -3.64. The number of methoxy groups -OCH3 is 1. The summed E-state index contributed by atoms with van der Waals surface area (Å²) in [5, 5.41) is 5.90. The van der Waals surface area contributed by atoms with Gasteiger partial charge in [0.05, 0.1) is 7.11 Å². The van der Waals surface area contributed by atoms with Crippen LogP contribution in [0.5, 0.6) is 5.75 Å². The van der Waals surface area contributed by atoms with Gasteiger partial charge in [-0.05, 0) is 66.5 Å². The molecule has 1 atom stereocenters. The maximum atomic E-state index is 13.1. The molecule has 0 bridgehead atoms. The number of carbonyl (C=O) groups is 2. The van der Waals surface area contributed by atoms with Crippen LogP contribution in [0.4, 0.5) is 0 Å². The van der Waals surface area contributed by atoms with Crippen LogP contribution in [0.3, 0.4) is 0 Å². The summed E-state index contributed by atoms with van der Waals surface area (Å²) >= 11 is 0. The van der Waals surface area contributed by atoms with E-state index in [9.17, 15) is 9.59 Å². The van der Waals surface area contributed by atoms with Gasteiger partial charge in [-0.2, -0.15) is 0 Å². The van der Waals surface area contributed by atoms with Gasteiger partial charge in [-0.25, -0.2) is 0 Å². The van der Waals surface area contributed by atoms with E-state index in [0.717, 1.165) is 23.2 Å². The number of rotatable bonds is 10. The lowest BCUT2D eigenvalue weighted by Crippen LogP contribution is -2.49. The molecule has 0 saturated carbocycles. The van der Waals surface area contributed by atoms with Crippen LogP contribution >= 0.6 is 0 Å². The Kier molecular flexibility index (Phi) is 9.04. The van der Waals surface area contributed by atoms with Gasteiger partial charge in [0.1, 0.15) is 11.8 Å². The normalized spacial score (nSPS) is 11.9. The zero-order chi connectivity index (χ0) is 25.4. The van der Waals surface area contributed by atoms with Crippen molar-refractivity contribution in [3.63, 3.8) is 0 Å². The summed E-state index contributed by atoms with van der Waals surface area (Å²) in [5.41, 5.74) is 4.92. The molecule has 0 heterocycles. The lowest BCUT2D eigenvalue weighted by atomic mass is 9.98. The largest absolute Gasteiger partial charge is 0.497 e. The molecule has 0 aliphatic carbocycles. The van der Waals surface area contributed by atoms with Gasteiger partial charge >= 0.3 is 0 Å². The molecule has 6 heteroatoms. The number of benzene rings is 3. The fourth-order valence-corrected chi connectivity index (χ4v) is 3.91. The van der Waals surface area contributed by atoms with Crippen LogP contribution < -0.4 is 15.4 Å². The molecule has 0 saturated heterocycles. The fourth-order valence-electron chi connectivity index (χ4n) is 3.91. The van der Waals surface area contributed by atoms with Crippen LogP contribution in [-0.2, 0) is 17.9 Å². The second-order valence-corrected chi connectivity index (χ2v) is 9.23. The fraction of sp³-hybridized carbons (Fsp3) is 0.310. The summed E-state index contributed by atoms with van der Waals surface area (Å²) in [6.07, 6.45) is 0. The molecular weight excluding hydrogens is 438 g/mol. The van der Waals surface area contributed by atoms with Crippen molar-refractivity contribution in [2.45, 2.75) is 33.0 Å². The summed E-state index contributed by atoms with van der Waals surface area (Å²) in [6, 6.07) is 22.7. The molecule has 0 spiro atoms. The van der Waals surface area contributed by atoms with Crippen LogP contribution in [0.2, 0.25) is 0 Å². The van der Waals surface area contributed by atoms with Crippen molar-refractivity contribution in [2.75, 3.05) is 21.2 Å². The molecule has 3 rings (SSSR count). The lowest BCUT2D eigenvalue weighted by Gasteiger charge is -2.22. The zero-order valence-corrected chi connectivity index (χ0v) is 21.2. The number of nitrogens with one attached hydrogen (secondary N) is 2. The summed E-state index contributed by atoms with van der Waals surface area (Å²) in [6.45, 7) is 5.09. The van der Waals surface area contributed by atoms with Gasteiger partial charge in [-0.3, -0.25) is 9.59 Å². The Labute approximate surface area is 208 Å². The smallest absolute Gasteiger partial charge is 0.251 e. The molecule has 3 aromatic carbocycles. The first kappa shape index (κ1) is 26.0. The lowest BCUT2D eigenvalue weighted by molar-refractivity contribution is -0.124. The third-order valence-corrected chi connectivity index (χ3v) is 5.82. The van der Waals surface area contributed by atoms with E-state index >= 15 is 0 Å². The summed E-state index contributed by atoms with van der Waals surface area (Å²) in [4.78, 5) is 27.9. The Balaban J connectivity index is 1.68. The van der Waals surface area contributed by atoms with Crippen molar-refractivity contribution in [3.8, 4) is 16.9 Å². The molecule has 0 aliphatic heterocycles. The zero-order valence-electron chi connectivity index (χ0n) is 21.2. The molecule has 1 unspecified atom stereocenters. The van der Waals surface area contributed by atoms with Crippen molar-refractivity contribution < 1.29 is 14.3 Å². The molecule has 35 heavy (non-hydrogen) atoms.